The molecule has 1 rings (SSSR count). The second-order valence-corrected chi connectivity index (χ2v) is 2.72. The van der Waals surface area contributed by atoms with Crippen molar-refractivity contribution in [2.45, 2.75) is 13.3 Å². The van der Waals surface area contributed by atoms with Crippen LogP contribution in [0.3, 0.4) is 0 Å². The molecule has 0 radical (unpaired) electrons. The smallest absolute Gasteiger partial charge is 0.123 e. The van der Waals surface area contributed by atoms with Gasteiger partial charge in [-0.1, -0.05) is 42.0 Å². The van der Waals surface area contributed by atoms with E-state index in [-0.39, 0.29) is 0 Å². The Bertz CT molecular complexity index is 287. The van der Waals surface area contributed by atoms with E-state index in [1.54, 1.807) is 0 Å². The van der Waals surface area contributed by atoms with Crippen molar-refractivity contribution in [3.05, 3.63) is 41.5 Å². The fourth-order valence-corrected chi connectivity index (χ4v) is 1.03. The highest BCUT2D eigenvalue weighted by Crippen LogP contribution is 2.05. The lowest BCUT2D eigenvalue weighted by molar-refractivity contribution is -0.107. The Labute approximate surface area is 72.7 Å². The first-order chi connectivity index (χ1) is 5.83. The number of aryl methyl sites for hydroxylation is 1. The number of rotatable bonds is 3. The van der Waals surface area contributed by atoms with Crippen molar-refractivity contribution in [3.8, 4) is 0 Å². The predicted octanol–water partition coefficient (Wildman–Crippen LogP) is 2.60. The quantitative estimate of drug-likeness (QED) is 0.621. The minimum Gasteiger partial charge on any atom is -0.303 e. The second kappa shape index (κ2) is 4.50. The SMILES string of the molecule is Cc1cccc(/C=C/CC=O)c1. The molecule has 0 spiro atoms. The Morgan fingerprint density at radius 2 is 2.25 bits per heavy atom. The predicted molar refractivity (Wildman–Crippen MR) is 50.9 cm³/mol. The summed E-state index contributed by atoms with van der Waals surface area (Å²) in [5.74, 6) is 0. The van der Waals surface area contributed by atoms with Crippen molar-refractivity contribution in [1.82, 2.24) is 0 Å². The zero-order valence-electron chi connectivity index (χ0n) is 7.16. The summed E-state index contributed by atoms with van der Waals surface area (Å²) in [6.07, 6.45) is 5.21. The van der Waals surface area contributed by atoms with Gasteiger partial charge < -0.3 is 4.79 Å². The minimum atomic E-state index is 0.494. The van der Waals surface area contributed by atoms with E-state index in [1.165, 1.54) is 5.56 Å². The van der Waals surface area contributed by atoms with Crippen molar-refractivity contribution in [1.29, 1.82) is 0 Å². The van der Waals surface area contributed by atoms with Crippen LogP contribution in [-0.4, -0.2) is 6.29 Å². The molecular formula is C11H12O. The molecule has 0 aliphatic rings. The van der Waals surface area contributed by atoms with Crippen LogP contribution in [0.25, 0.3) is 6.08 Å². The maximum Gasteiger partial charge on any atom is 0.123 e. The average molecular weight is 160 g/mol. The standard InChI is InChI=1S/C11H12O/c1-10-5-4-7-11(9-10)6-2-3-8-12/h2,4-9H,3H2,1H3/b6-2+. The molecule has 0 bridgehead atoms. The Morgan fingerprint density at radius 1 is 1.42 bits per heavy atom. The van der Waals surface area contributed by atoms with E-state index in [9.17, 15) is 4.79 Å². The summed E-state index contributed by atoms with van der Waals surface area (Å²) in [6, 6.07) is 8.17. The van der Waals surface area contributed by atoms with Crippen LogP contribution in [0.2, 0.25) is 0 Å². The van der Waals surface area contributed by atoms with Crippen LogP contribution >= 0.6 is 0 Å². The maximum atomic E-state index is 10.0. The van der Waals surface area contributed by atoms with Gasteiger partial charge >= 0.3 is 0 Å². The Balaban J connectivity index is 2.69. The number of carbonyl (C=O) groups excluding carboxylic acids is 1. The van der Waals surface area contributed by atoms with E-state index in [1.807, 2.05) is 24.3 Å². The molecule has 0 aliphatic heterocycles. The highest BCUT2D eigenvalue weighted by Gasteiger charge is 1.85. The number of allylic oxidation sites excluding steroid dienone is 1. The Morgan fingerprint density at radius 3 is 2.92 bits per heavy atom. The zero-order valence-corrected chi connectivity index (χ0v) is 7.16. The fraction of sp³-hybridized carbons (Fsp3) is 0.182. The first kappa shape index (κ1) is 8.72. The van der Waals surface area contributed by atoms with Crippen LogP contribution in [0.5, 0.6) is 0 Å². The zero-order chi connectivity index (χ0) is 8.81. The van der Waals surface area contributed by atoms with Gasteiger partial charge in [0.15, 0.2) is 0 Å². The molecule has 1 aromatic carbocycles. The number of carbonyl (C=O) groups is 1. The monoisotopic (exact) mass is 160 g/mol. The van der Waals surface area contributed by atoms with Crippen molar-refractivity contribution < 1.29 is 4.79 Å². The molecular weight excluding hydrogens is 148 g/mol. The lowest BCUT2D eigenvalue weighted by atomic mass is 10.1. The topological polar surface area (TPSA) is 17.1 Å². The normalized spacial score (nSPS) is 10.4. The van der Waals surface area contributed by atoms with Gasteiger partial charge in [0.05, 0.1) is 0 Å². The fourth-order valence-electron chi connectivity index (χ4n) is 1.03. The summed E-state index contributed by atoms with van der Waals surface area (Å²) < 4.78 is 0. The van der Waals surface area contributed by atoms with Crippen molar-refractivity contribution in [3.63, 3.8) is 0 Å². The van der Waals surface area contributed by atoms with E-state index in [4.69, 9.17) is 0 Å². The molecule has 12 heavy (non-hydrogen) atoms. The molecule has 0 amide bonds. The first-order valence-electron chi connectivity index (χ1n) is 4.00. The first-order valence-corrected chi connectivity index (χ1v) is 4.00. The third-order valence-corrected chi connectivity index (χ3v) is 1.58. The van der Waals surface area contributed by atoms with Gasteiger partial charge in [-0.25, -0.2) is 0 Å². The third kappa shape index (κ3) is 2.70. The van der Waals surface area contributed by atoms with Crippen LogP contribution in [-0.2, 0) is 4.79 Å². The van der Waals surface area contributed by atoms with Crippen LogP contribution in [0.4, 0.5) is 0 Å². The minimum absolute atomic E-state index is 0.494. The van der Waals surface area contributed by atoms with Crippen LogP contribution in [0, 0.1) is 6.92 Å². The van der Waals surface area contributed by atoms with Crippen LogP contribution in [0.1, 0.15) is 17.5 Å². The molecule has 0 saturated heterocycles. The number of hydrogen-bond donors (Lipinski definition) is 0. The van der Waals surface area contributed by atoms with Crippen molar-refractivity contribution in [2.75, 3.05) is 0 Å². The van der Waals surface area contributed by atoms with E-state index in [0.29, 0.717) is 6.42 Å². The molecule has 0 saturated carbocycles. The molecule has 1 nitrogen and oxygen atoms in total. The van der Waals surface area contributed by atoms with E-state index in [0.717, 1.165) is 11.8 Å². The van der Waals surface area contributed by atoms with Gasteiger partial charge in [-0.3, -0.25) is 0 Å². The maximum absolute atomic E-state index is 10.0. The van der Waals surface area contributed by atoms with Crippen molar-refractivity contribution in [2.24, 2.45) is 0 Å². The molecule has 1 aromatic rings. The van der Waals surface area contributed by atoms with Gasteiger partial charge in [-0.2, -0.15) is 0 Å². The highest BCUT2D eigenvalue weighted by molar-refractivity contribution is 5.58. The molecule has 0 N–H and O–H groups in total. The number of aldehydes is 1. The lowest BCUT2D eigenvalue weighted by Gasteiger charge is -1.93. The molecule has 0 atom stereocenters. The van der Waals surface area contributed by atoms with Crippen LogP contribution < -0.4 is 0 Å². The summed E-state index contributed by atoms with van der Waals surface area (Å²) >= 11 is 0. The van der Waals surface area contributed by atoms with E-state index < -0.39 is 0 Å². The van der Waals surface area contributed by atoms with Gasteiger partial charge in [0.25, 0.3) is 0 Å². The highest BCUT2D eigenvalue weighted by atomic mass is 16.1. The summed E-state index contributed by atoms with van der Waals surface area (Å²) in [4.78, 5) is 10.0. The summed E-state index contributed by atoms with van der Waals surface area (Å²) in [5, 5.41) is 0. The number of benzene rings is 1. The molecule has 0 heterocycles. The van der Waals surface area contributed by atoms with Gasteiger partial charge in [0.2, 0.25) is 0 Å². The Kier molecular flexibility index (Phi) is 3.27. The van der Waals surface area contributed by atoms with Gasteiger partial charge in [-0.15, -0.1) is 0 Å². The van der Waals surface area contributed by atoms with E-state index >= 15 is 0 Å². The lowest BCUT2D eigenvalue weighted by Crippen LogP contribution is -1.74. The molecule has 0 fully saturated rings. The van der Waals surface area contributed by atoms with Gasteiger partial charge in [-0.05, 0) is 12.5 Å². The molecule has 62 valence electrons. The van der Waals surface area contributed by atoms with Gasteiger partial charge in [0, 0.05) is 6.42 Å². The summed E-state index contributed by atoms with van der Waals surface area (Å²) in [5.41, 5.74) is 2.39. The van der Waals surface area contributed by atoms with Crippen LogP contribution in [0.15, 0.2) is 30.3 Å². The average Bonchev–Trinajstić information content (AvgIpc) is 2.05. The molecule has 0 aliphatic carbocycles. The summed E-state index contributed by atoms with van der Waals surface area (Å²) in [7, 11) is 0. The van der Waals surface area contributed by atoms with Crippen molar-refractivity contribution >= 4 is 12.4 Å². The number of hydrogen-bond acceptors (Lipinski definition) is 1. The summed E-state index contributed by atoms with van der Waals surface area (Å²) in [6.45, 7) is 2.05. The molecule has 0 aromatic heterocycles. The second-order valence-electron chi connectivity index (χ2n) is 2.72. The van der Waals surface area contributed by atoms with E-state index in [2.05, 4.69) is 19.1 Å². The molecule has 1 heteroatoms. The Hall–Kier alpha value is -1.37. The largest absolute Gasteiger partial charge is 0.303 e. The van der Waals surface area contributed by atoms with Gasteiger partial charge in [0.1, 0.15) is 6.29 Å². The molecule has 0 unspecified atom stereocenters. The third-order valence-electron chi connectivity index (χ3n) is 1.58.